The Morgan fingerprint density at radius 1 is 1.03 bits per heavy atom. The normalized spacial score (nSPS) is 13.4. The van der Waals surface area contributed by atoms with Crippen LogP contribution in [0.5, 0.6) is 0 Å². The SMILES string of the molecule is NC(N)=NCCCC(N)C(=O)NC(CC(=O)O)C(=O)NC(Cc1c[nH]c2ccccc12)C(=O)O. The molecule has 2 rings (SSSR count). The van der Waals surface area contributed by atoms with Gasteiger partial charge >= 0.3 is 11.9 Å². The van der Waals surface area contributed by atoms with E-state index in [9.17, 15) is 24.3 Å². The van der Waals surface area contributed by atoms with Crippen molar-refractivity contribution in [2.75, 3.05) is 6.54 Å². The lowest BCUT2D eigenvalue weighted by Gasteiger charge is -2.22. The maximum absolute atomic E-state index is 12.7. The molecule has 0 saturated heterocycles. The first kappa shape index (κ1) is 26.1. The van der Waals surface area contributed by atoms with Gasteiger partial charge in [-0.3, -0.25) is 19.4 Å². The number of carboxylic acid groups (broad SMARTS) is 2. The van der Waals surface area contributed by atoms with E-state index in [4.69, 9.17) is 22.3 Å². The number of nitrogens with two attached hydrogens (primary N) is 3. The van der Waals surface area contributed by atoms with Crippen molar-refractivity contribution in [1.82, 2.24) is 15.6 Å². The maximum Gasteiger partial charge on any atom is 0.326 e. The molecule has 0 bridgehead atoms. The second-order valence-corrected chi connectivity index (χ2v) is 7.68. The predicted octanol–water partition coefficient (Wildman–Crippen LogP) is -1.38. The van der Waals surface area contributed by atoms with Crippen molar-refractivity contribution in [2.24, 2.45) is 22.2 Å². The number of guanidine groups is 1. The zero-order valence-electron chi connectivity index (χ0n) is 18.4. The fraction of sp³-hybridized carbons (Fsp3) is 0.381. The third-order valence-electron chi connectivity index (χ3n) is 5.03. The molecular weight excluding hydrogens is 446 g/mol. The van der Waals surface area contributed by atoms with Gasteiger partial charge < -0.3 is 43.0 Å². The number of fused-ring (bicyclic) bond motifs is 1. The number of nitrogens with one attached hydrogen (secondary N) is 3. The number of rotatable bonds is 13. The van der Waals surface area contributed by atoms with Gasteiger partial charge in [0.15, 0.2) is 5.96 Å². The molecule has 0 aliphatic heterocycles. The largest absolute Gasteiger partial charge is 0.481 e. The first-order valence-corrected chi connectivity index (χ1v) is 10.5. The quantitative estimate of drug-likeness (QED) is 0.0965. The van der Waals surface area contributed by atoms with Gasteiger partial charge in [-0.15, -0.1) is 0 Å². The van der Waals surface area contributed by atoms with Crippen LogP contribution in [0.2, 0.25) is 0 Å². The summed E-state index contributed by atoms with van der Waals surface area (Å²) in [5.41, 5.74) is 17.7. The number of benzene rings is 1. The van der Waals surface area contributed by atoms with Gasteiger partial charge in [-0.05, 0) is 24.5 Å². The van der Waals surface area contributed by atoms with Crippen LogP contribution < -0.4 is 27.8 Å². The van der Waals surface area contributed by atoms with Crippen molar-refractivity contribution in [3.05, 3.63) is 36.0 Å². The lowest BCUT2D eigenvalue weighted by Crippen LogP contribution is -2.55. The summed E-state index contributed by atoms with van der Waals surface area (Å²) < 4.78 is 0. The Hall–Kier alpha value is -4.13. The fourth-order valence-corrected chi connectivity index (χ4v) is 3.31. The molecule has 2 amide bonds. The minimum absolute atomic E-state index is 0.0525. The van der Waals surface area contributed by atoms with Crippen LogP contribution in [-0.4, -0.2) is 69.6 Å². The van der Waals surface area contributed by atoms with Gasteiger partial charge in [0.2, 0.25) is 11.8 Å². The monoisotopic (exact) mass is 475 g/mol. The van der Waals surface area contributed by atoms with Crippen LogP contribution in [-0.2, 0) is 25.6 Å². The first-order chi connectivity index (χ1) is 16.1. The number of aromatic amines is 1. The Kier molecular flexibility index (Phi) is 9.38. The van der Waals surface area contributed by atoms with E-state index in [1.54, 1.807) is 12.3 Å². The van der Waals surface area contributed by atoms with Gasteiger partial charge in [0.05, 0.1) is 12.5 Å². The van der Waals surface area contributed by atoms with Crippen LogP contribution in [0.3, 0.4) is 0 Å². The summed E-state index contributed by atoms with van der Waals surface area (Å²) in [5, 5.41) is 24.2. The maximum atomic E-state index is 12.7. The number of carbonyl (C=O) groups excluding carboxylic acids is 2. The highest BCUT2D eigenvalue weighted by molar-refractivity contribution is 5.94. The summed E-state index contributed by atoms with van der Waals surface area (Å²) in [5.74, 6) is -4.47. The van der Waals surface area contributed by atoms with Crippen molar-refractivity contribution < 1.29 is 29.4 Å². The molecule has 0 aliphatic rings. The van der Waals surface area contributed by atoms with E-state index in [-0.39, 0.29) is 25.3 Å². The molecule has 0 saturated carbocycles. The standard InChI is InChI=1S/C21H29N7O6/c22-13(5-3-7-25-21(23)24)18(31)27-15(9-17(29)30)19(32)28-16(20(33)34)8-11-10-26-14-6-2-1-4-12(11)14/h1-2,4,6,10,13,15-16,26H,3,5,7-9,22H2,(H,27,31)(H,28,32)(H,29,30)(H,33,34)(H4,23,24,25). The second kappa shape index (κ2) is 12.2. The van der Waals surface area contributed by atoms with Gasteiger partial charge in [0, 0.05) is 30.1 Å². The second-order valence-electron chi connectivity index (χ2n) is 7.68. The Balaban J connectivity index is 2.05. The Morgan fingerprint density at radius 3 is 2.35 bits per heavy atom. The highest BCUT2D eigenvalue weighted by Crippen LogP contribution is 2.19. The number of hydrogen-bond acceptors (Lipinski definition) is 6. The van der Waals surface area contributed by atoms with Crippen molar-refractivity contribution >= 4 is 40.6 Å². The van der Waals surface area contributed by atoms with E-state index in [0.29, 0.717) is 12.0 Å². The number of para-hydroxylation sites is 1. The minimum Gasteiger partial charge on any atom is -0.481 e. The molecule has 0 radical (unpaired) electrons. The van der Waals surface area contributed by atoms with Crippen LogP contribution in [0.15, 0.2) is 35.5 Å². The van der Waals surface area contributed by atoms with Crippen LogP contribution >= 0.6 is 0 Å². The van der Waals surface area contributed by atoms with Gasteiger partial charge in [0.25, 0.3) is 0 Å². The molecule has 13 nitrogen and oxygen atoms in total. The lowest BCUT2D eigenvalue weighted by molar-refractivity contribution is -0.143. The van der Waals surface area contributed by atoms with Crippen molar-refractivity contribution in [1.29, 1.82) is 0 Å². The average molecular weight is 476 g/mol. The third kappa shape index (κ3) is 7.78. The zero-order valence-corrected chi connectivity index (χ0v) is 18.4. The lowest BCUT2D eigenvalue weighted by atomic mass is 10.0. The van der Waals surface area contributed by atoms with Crippen molar-refractivity contribution in [2.45, 2.75) is 43.8 Å². The van der Waals surface area contributed by atoms with E-state index in [1.807, 2.05) is 18.2 Å². The number of aliphatic carboxylic acids is 2. The number of nitrogens with zero attached hydrogens (tertiary/aromatic N) is 1. The molecule has 1 heterocycles. The highest BCUT2D eigenvalue weighted by atomic mass is 16.4. The highest BCUT2D eigenvalue weighted by Gasteiger charge is 2.30. The first-order valence-electron chi connectivity index (χ1n) is 10.5. The summed E-state index contributed by atoms with van der Waals surface area (Å²) in [7, 11) is 0. The summed E-state index contributed by atoms with van der Waals surface area (Å²) in [6.45, 7) is 0.247. The molecule has 34 heavy (non-hydrogen) atoms. The fourth-order valence-electron chi connectivity index (χ4n) is 3.31. The number of amides is 2. The van der Waals surface area contributed by atoms with Gasteiger partial charge in [-0.25, -0.2) is 4.79 Å². The van der Waals surface area contributed by atoms with Crippen LogP contribution in [0.4, 0.5) is 0 Å². The Bertz CT molecular complexity index is 1060. The number of hydrogen-bond donors (Lipinski definition) is 8. The van der Waals surface area contributed by atoms with E-state index >= 15 is 0 Å². The third-order valence-corrected chi connectivity index (χ3v) is 5.03. The van der Waals surface area contributed by atoms with Crippen LogP contribution in [0.1, 0.15) is 24.8 Å². The molecule has 13 heteroatoms. The van der Waals surface area contributed by atoms with E-state index < -0.39 is 48.3 Å². The molecule has 2 aromatic rings. The molecule has 3 atom stereocenters. The molecule has 184 valence electrons. The molecule has 0 aliphatic carbocycles. The van der Waals surface area contributed by atoms with Gasteiger partial charge in [0.1, 0.15) is 12.1 Å². The molecule has 1 aromatic carbocycles. The Morgan fingerprint density at radius 2 is 1.71 bits per heavy atom. The molecule has 11 N–H and O–H groups in total. The Labute approximate surface area is 194 Å². The molecule has 0 fully saturated rings. The van der Waals surface area contributed by atoms with Crippen LogP contribution in [0, 0.1) is 0 Å². The summed E-state index contributed by atoms with van der Waals surface area (Å²) in [6, 6.07) is 3.35. The number of carboxylic acids is 2. The molecule has 0 spiro atoms. The molecule has 1 aromatic heterocycles. The van der Waals surface area contributed by atoms with Gasteiger partial charge in [-0.2, -0.15) is 0 Å². The van der Waals surface area contributed by atoms with Crippen molar-refractivity contribution in [3.63, 3.8) is 0 Å². The average Bonchev–Trinajstić information content (AvgIpc) is 3.17. The summed E-state index contributed by atoms with van der Waals surface area (Å²) in [4.78, 5) is 54.9. The minimum atomic E-state index is -1.52. The van der Waals surface area contributed by atoms with Crippen molar-refractivity contribution in [3.8, 4) is 0 Å². The summed E-state index contributed by atoms with van der Waals surface area (Å²) in [6.07, 6.45) is 1.40. The van der Waals surface area contributed by atoms with E-state index in [1.165, 1.54) is 0 Å². The smallest absolute Gasteiger partial charge is 0.326 e. The number of aliphatic imine (C=N–C) groups is 1. The number of aromatic nitrogens is 1. The topological polar surface area (TPSA) is 239 Å². The predicted molar refractivity (Wildman–Crippen MR) is 124 cm³/mol. The molecular formula is C21H29N7O6. The number of H-pyrrole nitrogens is 1. The van der Waals surface area contributed by atoms with E-state index in [0.717, 1.165) is 10.9 Å². The molecule has 3 unspecified atom stereocenters. The number of carbonyl (C=O) groups is 4. The van der Waals surface area contributed by atoms with Crippen LogP contribution in [0.25, 0.3) is 10.9 Å². The zero-order chi connectivity index (χ0) is 25.3. The summed E-state index contributed by atoms with van der Waals surface area (Å²) >= 11 is 0. The van der Waals surface area contributed by atoms with E-state index in [2.05, 4.69) is 20.6 Å². The van der Waals surface area contributed by atoms with Gasteiger partial charge in [-0.1, -0.05) is 18.2 Å².